The predicted octanol–water partition coefficient (Wildman–Crippen LogP) is 2.11. The quantitative estimate of drug-likeness (QED) is 0.832. The van der Waals surface area contributed by atoms with Gasteiger partial charge in [-0.15, -0.1) is 0 Å². The first-order valence-corrected chi connectivity index (χ1v) is 5.04. The SMILES string of the molecule is COCC(C)Oc1cc(C)ccc1C(=O)O. The van der Waals surface area contributed by atoms with Crippen LogP contribution in [-0.4, -0.2) is 30.9 Å². The fourth-order valence-corrected chi connectivity index (χ4v) is 1.39. The monoisotopic (exact) mass is 224 g/mol. The van der Waals surface area contributed by atoms with Gasteiger partial charge >= 0.3 is 5.97 Å². The fourth-order valence-electron chi connectivity index (χ4n) is 1.39. The van der Waals surface area contributed by atoms with Crippen molar-refractivity contribution in [1.29, 1.82) is 0 Å². The Balaban J connectivity index is 2.92. The van der Waals surface area contributed by atoms with Crippen LogP contribution in [0, 0.1) is 6.92 Å². The number of benzene rings is 1. The van der Waals surface area contributed by atoms with Crippen molar-refractivity contribution in [3.05, 3.63) is 29.3 Å². The molecular weight excluding hydrogens is 208 g/mol. The number of aryl methyl sites for hydroxylation is 1. The second-order valence-electron chi connectivity index (χ2n) is 3.69. The van der Waals surface area contributed by atoms with E-state index in [4.69, 9.17) is 14.6 Å². The number of ether oxygens (including phenoxy) is 2. The number of hydrogen-bond acceptors (Lipinski definition) is 3. The van der Waals surface area contributed by atoms with Gasteiger partial charge in [-0.3, -0.25) is 0 Å². The van der Waals surface area contributed by atoms with Crippen molar-refractivity contribution in [2.45, 2.75) is 20.0 Å². The minimum atomic E-state index is -0.986. The molecule has 1 rings (SSSR count). The molecule has 88 valence electrons. The van der Waals surface area contributed by atoms with Crippen molar-refractivity contribution < 1.29 is 19.4 Å². The normalized spacial score (nSPS) is 12.2. The van der Waals surface area contributed by atoms with Gasteiger partial charge in [-0.05, 0) is 31.5 Å². The summed E-state index contributed by atoms with van der Waals surface area (Å²) in [6.07, 6.45) is -0.176. The highest BCUT2D eigenvalue weighted by Crippen LogP contribution is 2.21. The van der Waals surface area contributed by atoms with Crippen molar-refractivity contribution in [1.82, 2.24) is 0 Å². The first-order chi connectivity index (χ1) is 7.54. The molecule has 0 aliphatic rings. The molecule has 0 aromatic heterocycles. The third-order valence-electron chi connectivity index (χ3n) is 2.10. The van der Waals surface area contributed by atoms with Crippen LogP contribution < -0.4 is 4.74 Å². The number of carboxylic acid groups (broad SMARTS) is 1. The number of rotatable bonds is 5. The summed E-state index contributed by atoms with van der Waals surface area (Å²) in [7, 11) is 1.58. The van der Waals surface area contributed by atoms with E-state index in [-0.39, 0.29) is 11.7 Å². The molecule has 1 aromatic carbocycles. The highest BCUT2D eigenvalue weighted by molar-refractivity contribution is 5.90. The van der Waals surface area contributed by atoms with Crippen molar-refractivity contribution >= 4 is 5.97 Å². The van der Waals surface area contributed by atoms with Crippen LogP contribution in [0.5, 0.6) is 5.75 Å². The lowest BCUT2D eigenvalue weighted by molar-refractivity contribution is 0.0673. The summed E-state index contributed by atoms with van der Waals surface area (Å²) in [5.74, 6) is -0.600. The van der Waals surface area contributed by atoms with E-state index in [1.165, 1.54) is 0 Å². The maximum Gasteiger partial charge on any atom is 0.339 e. The third-order valence-corrected chi connectivity index (χ3v) is 2.10. The number of aromatic carboxylic acids is 1. The van der Waals surface area contributed by atoms with Gasteiger partial charge in [0.1, 0.15) is 17.4 Å². The van der Waals surface area contributed by atoms with Crippen LogP contribution in [0.2, 0.25) is 0 Å². The van der Waals surface area contributed by atoms with E-state index in [9.17, 15) is 4.79 Å². The molecule has 0 bridgehead atoms. The van der Waals surface area contributed by atoms with Crippen LogP contribution in [0.4, 0.5) is 0 Å². The van der Waals surface area contributed by atoms with Crippen LogP contribution in [0.1, 0.15) is 22.8 Å². The van der Waals surface area contributed by atoms with E-state index in [1.807, 2.05) is 13.8 Å². The molecule has 0 aliphatic carbocycles. The lowest BCUT2D eigenvalue weighted by atomic mass is 10.1. The lowest BCUT2D eigenvalue weighted by Gasteiger charge is -2.15. The van der Waals surface area contributed by atoms with Gasteiger partial charge in [-0.25, -0.2) is 4.79 Å². The van der Waals surface area contributed by atoms with E-state index >= 15 is 0 Å². The molecule has 0 saturated heterocycles. The topological polar surface area (TPSA) is 55.8 Å². The summed E-state index contributed by atoms with van der Waals surface area (Å²) < 4.78 is 10.5. The smallest absolute Gasteiger partial charge is 0.339 e. The average molecular weight is 224 g/mol. The van der Waals surface area contributed by atoms with Crippen LogP contribution in [-0.2, 0) is 4.74 Å². The Kier molecular flexibility index (Phi) is 4.31. The van der Waals surface area contributed by atoms with Crippen molar-refractivity contribution in [2.75, 3.05) is 13.7 Å². The zero-order valence-corrected chi connectivity index (χ0v) is 9.69. The zero-order chi connectivity index (χ0) is 12.1. The van der Waals surface area contributed by atoms with Crippen molar-refractivity contribution in [3.8, 4) is 5.75 Å². The molecule has 0 aliphatic heterocycles. The molecule has 0 saturated carbocycles. The predicted molar refractivity (Wildman–Crippen MR) is 60.1 cm³/mol. The van der Waals surface area contributed by atoms with Crippen molar-refractivity contribution in [3.63, 3.8) is 0 Å². The van der Waals surface area contributed by atoms with Gasteiger partial charge < -0.3 is 14.6 Å². The molecule has 1 unspecified atom stereocenters. The Morgan fingerprint density at radius 3 is 2.75 bits per heavy atom. The van der Waals surface area contributed by atoms with Crippen molar-refractivity contribution in [2.24, 2.45) is 0 Å². The van der Waals surface area contributed by atoms with Gasteiger partial charge in [0.15, 0.2) is 0 Å². The summed E-state index contributed by atoms with van der Waals surface area (Å²) in [6, 6.07) is 5.01. The van der Waals surface area contributed by atoms with Crippen LogP contribution in [0.25, 0.3) is 0 Å². The Bertz CT molecular complexity index is 373. The number of carbonyl (C=O) groups is 1. The maximum absolute atomic E-state index is 11.0. The number of carboxylic acids is 1. The molecule has 1 atom stereocenters. The van der Waals surface area contributed by atoms with Crippen LogP contribution >= 0.6 is 0 Å². The molecule has 1 N–H and O–H groups in total. The van der Waals surface area contributed by atoms with E-state index in [2.05, 4.69) is 0 Å². The average Bonchev–Trinajstić information content (AvgIpc) is 2.17. The molecule has 1 aromatic rings. The van der Waals surface area contributed by atoms with Gasteiger partial charge in [-0.1, -0.05) is 6.07 Å². The molecule has 0 radical (unpaired) electrons. The lowest BCUT2D eigenvalue weighted by Crippen LogP contribution is -2.19. The van der Waals surface area contributed by atoms with Crippen LogP contribution in [0.15, 0.2) is 18.2 Å². The summed E-state index contributed by atoms with van der Waals surface area (Å²) in [6.45, 7) is 4.14. The van der Waals surface area contributed by atoms with Crippen LogP contribution in [0.3, 0.4) is 0 Å². The minimum Gasteiger partial charge on any atom is -0.487 e. The first kappa shape index (κ1) is 12.5. The highest BCUT2D eigenvalue weighted by Gasteiger charge is 2.13. The summed E-state index contributed by atoms with van der Waals surface area (Å²) >= 11 is 0. The summed E-state index contributed by atoms with van der Waals surface area (Å²) in [4.78, 5) is 11.0. The largest absolute Gasteiger partial charge is 0.487 e. The summed E-state index contributed by atoms with van der Waals surface area (Å²) in [5, 5.41) is 8.99. The standard InChI is InChI=1S/C12H16O4/c1-8-4-5-10(12(13)14)11(6-8)16-9(2)7-15-3/h4-6,9H,7H2,1-3H3,(H,13,14). The second-order valence-corrected chi connectivity index (χ2v) is 3.69. The highest BCUT2D eigenvalue weighted by atomic mass is 16.5. The van der Waals surface area contributed by atoms with E-state index < -0.39 is 5.97 Å². The third kappa shape index (κ3) is 3.24. The minimum absolute atomic E-state index is 0.175. The Morgan fingerprint density at radius 2 is 2.19 bits per heavy atom. The number of hydrogen-bond donors (Lipinski definition) is 1. The Labute approximate surface area is 94.8 Å². The molecule has 4 nitrogen and oxygen atoms in total. The molecule has 0 fully saturated rings. The maximum atomic E-state index is 11.0. The van der Waals surface area contributed by atoms with Gasteiger partial charge in [-0.2, -0.15) is 0 Å². The molecule has 0 spiro atoms. The van der Waals surface area contributed by atoms with E-state index in [1.54, 1.807) is 25.3 Å². The molecule has 4 heteroatoms. The fraction of sp³-hybridized carbons (Fsp3) is 0.417. The van der Waals surface area contributed by atoms with E-state index in [0.717, 1.165) is 5.56 Å². The molecular formula is C12H16O4. The summed E-state index contributed by atoms with van der Waals surface area (Å²) in [5.41, 5.74) is 1.14. The molecule has 0 amide bonds. The van der Waals surface area contributed by atoms with E-state index in [0.29, 0.717) is 12.4 Å². The first-order valence-electron chi connectivity index (χ1n) is 5.04. The Morgan fingerprint density at radius 1 is 1.50 bits per heavy atom. The zero-order valence-electron chi connectivity index (χ0n) is 9.69. The Hall–Kier alpha value is -1.55. The second kappa shape index (κ2) is 5.51. The molecule has 0 heterocycles. The molecule has 16 heavy (non-hydrogen) atoms. The van der Waals surface area contributed by atoms with Gasteiger partial charge in [0.05, 0.1) is 6.61 Å². The van der Waals surface area contributed by atoms with Gasteiger partial charge in [0.2, 0.25) is 0 Å². The van der Waals surface area contributed by atoms with Gasteiger partial charge in [0, 0.05) is 7.11 Å². The number of methoxy groups -OCH3 is 1. The van der Waals surface area contributed by atoms with Gasteiger partial charge in [0.25, 0.3) is 0 Å².